The van der Waals surface area contributed by atoms with E-state index in [-0.39, 0.29) is 5.97 Å². The molecule has 1 heterocycles. The Labute approximate surface area is 110 Å². The van der Waals surface area contributed by atoms with E-state index in [0.29, 0.717) is 6.42 Å². The first-order chi connectivity index (χ1) is 8.35. The number of hydrogen-bond acceptors (Lipinski definition) is 5. The van der Waals surface area contributed by atoms with Crippen molar-refractivity contribution in [2.45, 2.75) is 25.3 Å². The van der Waals surface area contributed by atoms with E-state index in [1.165, 1.54) is 26.6 Å². The summed E-state index contributed by atoms with van der Waals surface area (Å²) in [6.07, 6.45) is 1.89. The zero-order valence-corrected chi connectivity index (χ0v) is 12.1. The summed E-state index contributed by atoms with van der Waals surface area (Å²) in [4.78, 5) is 16.1. The van der Waals surface area contributed by atoms with Crippen molar-refractivity contribution in [1.82, 2.24) is 9.80 Å². The van der Waals surface area contributed by atoms with Gasteiger partial charge in [0.05, 0.1) is 7.11 Å². The molecule has 1 fully saturated rings. The molecule has 0 amide bonds. The van der Waals surface area contributed by atoms with Crippen LogP contribution in [-0.4, -0.2) is 68.7 Å². The lowest BCUT2D eigenvalue weighted by Crippen LogP contribution is -2.48. The van der Waals surface area contributed by atoms with Crippen molar-refractivity contribution < 1.29 is 9.53 Å². The lowest BCUT2D eigenvalue weighted by molar-refractivity contribution is -0.146. The molecule has 2 unspecified atom stereocenters. The summed E-state index contributed by atoms with van der Waals surface area (Å²) in [7, 11) is 5.63. The van der Waals surface area contributed by atoms with E-state index in [0.717, 1.165) is 19.0 Å². The van der Waals surface area contributed by atoms with Crippen LogP contribution in [0.15, 0.2) is 0 Å². The quantitative estimate of drug-likeness (QED) is 0.686. The smallest absolute Gasteiger partial charge is 0.325 e. The van der Waals surface area contributed by atoms with Crippen LogP contribution in [0.3, 0.4) is 0 Å². The molecular weight excluding hydrogens is 230 g/mol. The Morgan fingerprint density at radius 2 is 2.28 bits per heavy atom. The fourth-order valence-corrected chi connectivity index (χ4v) is 2.47. The van der Waals surface area contributed by atoms with Crippen molar-refractivity contribution in [2.24, 2.45) is 11.7 Å². The van der Waals surface area contributed by atoms with E-state index in [4.69, 9.17) is 10.5 Å². The van der Waals surface area contributed by atoms with Gasteiger partial charge in [-0.3, -0.25) is 4.79 Å². The highest BCUT2D eigenvalue weighted by Crippen LogP contribution is 2.16. The number of carbonyl (C=O) groups excluding carboxylic acids is 1. The Balaban J connectivity index is 2.28. The van der Waals surface area contributed by atoms with Gasteiger partial charge >= 0.3 is 5.97 Å². The van der Waals surface area contributed by atoms with Gasteiger partial charge in [0.2, 0.25) is 0 Å². The highest BCUT2D eigenvalue weighted by molar-refractivity contribution is 5.79. The summed E-state index contributed by atoms with van der Waals surface area (Å²) in [5.74, 6) is 0.402. The van der Waals surface area contributed by atoms with Crippen molar-refractivity contribution in [3.8, 4) is 0 Å². The molecule has 18 heavy (non-hydrogen) atoms. The molecule has 0 aromatic carbocycles. The van der Waals surface area contributed by atoms with Crippen LogP contribution in [0.1, 0.15) is 19.8 Å². The summed E-state index contributed by atoms with van der Waals surface area (Å²) >= 11 is 0. The number of esters is 1. The Morgan fingerprint density at radius 1 is 1.61 bits per heavy atom. The van der Waals surface area contributed by atoms with Gasteiger partial charge in [-0.05, 0) is 46.3 Å². The van der Waals surface area contributed by atoms with Crippen molar-refractivity contribution in [1.29, 1.82) is 0 Å². The van der Waals surface area contributed by atoms with Gasteiger partial charge in [-0.25, -0.2) is 0 Å². The number of likely N-dealkylation sites (tertiary alicyclic amines) is 1. The third kappa shape index (κ3) is 4.55. The minimum Gasteiger partial charge on any atom is -0.468 e. The van der Waals surface area contributed by atoms with Crippen LogP contribution in [0, 0.1) is 5.92 Å². The first kappa shape index (κ1) is 15.4. The molecule has 0 bridgehead atoms. The molecule has 0 aromatic heterocycles. The van der Waals surface area contributed by atoms with E-state index >= 15 is 0 Å². The van der Waals surface area contributed by atoms with Crippen LogP contribution >= 0.6 is 0 Å². The Morgan fingerprint density at radius 3 is 2.78 bits per heavy atom. The van der Waals surface area contributed by atoms with Gasteiger partial charge in [0.25, 0.3) is 0 Å². The molecule has 2 N–H and O–H groups in total. The first-order valence-electron chi connectivity index (χ1n) is 6.59. The fourth-order valence-electron chi connectivity index (χ4n) is 2.47. The maximum absolute atomic E-state index is 11.5. The molecule has 0 aliphatic carbocycles. The molecule has 0 aromatic rings. The Bertz CT molecular complexity index is 281. The number of ether oxygens (including phenoxy) is 1. The predicted octanol–water partition coefficient (Wildman–Crippen LogP) is 0.150. The third-order valence-electron chi connectivity index (χ3n) is 3.72. The number of methoxy groups -OCH3 is 1. The first-order valence-corrected chi connectivity index (χ1v) is 6.59. The summed E-state index contributed by atoms with van der Waals surface area (Å²) < 4.78 is 4.71. The highest BCUT2D eigenvalue weighted by atomic mass is 16.5. The average molecular weight is 257 g/mol. The number of hydrogen-bond donors (Lipinski definition) is 1. The number of nitrogens with two attached hydrogens (primary N) is 1. The van der Waals surface area contributed by atoms with Crippen LogP contribution in [0.25, 0.3) is 0 Å². The van der Waals surface area contributed by atoms with Crippen molar-refractivity contribution in [3.05, 3.63) is 0 Å². The van der Waals surface area contributed by atoms with Gasteiger partial charge in [0.15, 0.2) is 0 Å². The molecule has 0 spiro atoms. The number of nitrogens with zero attached hydrogens (tertiary/aromatic N) is 2. The summed E-state index contributed by atoms with van der Waals surface area (Å²) in [6, 6.07) is 0. The van der Waals surface area contributed by atoms with Crippen LogP contribution in [0.5, 0.6) is 0 Å². The second-order valence-corrected chi connectivity index (χ2v) is 5.84. The van der Waals surface area contributed by atoms with Crippen LogP contribution in [0.2, 0.25) is 0 Å². The molecule has 5 heteroatoms. The molecule has 2 atom stereocenters. The van der Waals surface area contributed by atoms with Gasteiger partial charge in [-0.15, -0.1) is 0 Å². The monoisotopic (exact) mass is 257 g/mol. The zero-order valence-electron chi connectivity index (χ0n) is 12.1. The summed E-state index contributed by atoms with van der Waals surface area (Å²) in [6.45, 7) is 5.98. The number of carbonyl (C=O) groups is 1. The fraction of sp³-hybridized carbons (Fsp3) is 0.923. The topological polar surface area (TPSA) is 58.8 Å². The largest absolute Gasteiger partial charge is 0.468 e. The van der Waals surface area contributed by atoms with Gasteiger partial charge in [0.1, 0.15) is 5.54 Å². The van der Waals surface area contributed by atoms with Crippen molar-refractivity contribution in [2.75, 3.05) is 47.4 Å². The lowest BCUT2D eigenvalue weighted by atomic mass is 9.99. The van der Waals surface area contributed by atoms with Crippen LogP contribution < -0.4 is 5.73 Å². The van der Waals surface area contributed by atoms with E-state index < -0.39 is 5.54 Å². The molecule has 5 nitrogen and oxygen atoms in total. The Hall–Kier alpha value is -0.650. The highest BCUT2D eigenvalue weighted by Gasteiger charge is 2.29. The molecule has 1 aliphatic rings. The van der Waals surface area contributed by atoms with Crippen molar-refractivity contribution in [3.63, 3.8) is 0 Å². The van der Waals surface area contributed by atoms with Crippen LogP contribution in [0.4, 0.5) is 0 Å². The normalized spacial score (nSPS) is 24.2. The molecule has 1 rings (SSSR count). The second kappa shape index (κ2) is 6.50. The molecule has 1 saturated heterocycles. The standard InChI is InChI=1S/C13H27N3O2/c1-13(14,12(17)18-4)6-8-16(3)10-11-5-7-15(2)9-11/h11H,5-10,14H2,1-4H3. The predicted molar refractivity (Wildman–Crippen MR) is 72.3 cm³/mol. The number of rotatable bonds is 6. The molecule has 0 radical (unpaired) electrons. The zero-order chi connectivity index (χ0) is 13.8. The molecule has 0 saturated carbocycles. The van der Waals surface area contributed by atoms with Crippen LogP contribution in [-0.2, 0) is 9.53 Å². The van der Waals surface area contributed by atoms with Gasteiger partial charge in [0, 0.05) is 19.6 Å². The summed E-state index contributed by atoms with van der Waals surface area (Å²) in [5.41, 5.74) is 5.06. The van der Waals surface area contributed by atoms with Gasteiger partial charge < -0.3 is 20.3 Å². The van der Waals surface area contributed by atoms with Crippen molar-refractivity contribution >= 4 is 5.97 Å². The molecule has 1 aliphatic heterocycles. The third-order valence-corrected chi connectivity index (χ3v) is 3.72. The average Bonchev–Trinajstić information content (AvgIpc) is 2.71. The van der Waals surface area contributed by atoms with Gasteiger partial charge in [-0.1, -0.05) is 0 Å². The summed E-state index contributed by atoms with van der Waals surface area (Å²) in [5, 5.41) is 0. The van der Waals surface area contributed by atoms with E-state index in [9.17, 15) is 4.79 Å². The molecule has 106 valence electrons. The maximum atomic E-state index is 11.5. The van der Waals surface area contributed by atoms with Gasteiger partial charge in [-0.2, -0.15) is 0 Å². The maximum Gasteiger partial charge on any atom is 0.325 e. The Kier molecular flexibility index (Phi) is 5.56. The van der Waals surface area contributed by atoms with E-state index in [2.05, 4.69) is 23.9 Å². The minimum atomic E-state index is -0.879. The van der Waals surface area contributed by atoms with E-state index in [1.807, 2.05) is 0 Å². The molecular formula is C13H27N3O2. The second-order valence-electron chi connectivity index (χ2n) is 5.84. The lowest BCUT2D eigenvalue weighted by Gasteiger charge is -2.26. The van der Waals surface area contributed by atoms with E-state index in [1.54, 1.807) is 6.92 Å². The minimum absolute atomic E-state index is 0.337. The SMILES string of the molecule is COC(=O)C(C)(N)CCN(C)CC1CCN(C)C1.